The summed E-state index contributed by atoms with van der Waals surface area (Å²) in [4.78, 5) is 37.5. The number of hydrogen-bond acceptors (Lipinski definition) is 4. The van der Waals surface area contributed by atoms with E-state index < -0.39 is 29.6 Å². The number of rotatable bonds is 4. The summed E-state index contributed by atoms with van der Waals surface area (Å²) in [6.45, 7) is 1.91. The van der Waals surface area contributed by atoms with Gasteiger partial charge in [0.2, 0.25) is 5.91 Å². The van der Waals surface area contributed by atoms with Crippen molar-refractivity contribution in [1.29, 1.82) is 0 Å². The van der Waals surface area contributed by atoms with Crippen LogP contribution in [0.5, 0.6) is 0 Å². The molecule has 7 heteroatoms. The van der Waals surface area contributed by atoms with E-state index in [4.69, 9.17) is 0 Å². The van der Waals surface area contributed by atoms with Crippen molar-refractivity contribution >= 4 is 23.4 Å². The van der Waals surface area contributed by atoms with E-state index in [1.54, 1.807) is 24.3 Å². The molecule has 1 heterocycles. The summed E-state index contributed by atoms with van der Waals surface area (Å²) < 4.78 is 13.3. The maximum Gasteiger partial charge on any atom is 0.265 e. The quantitative estimate of drug-likeness (QED) is 0.655. The lowest BCUT2D eigenvalue weighted by molar-refractivity contribution is -0.121. The molecule has 2 N–H and O–H groups in total. The molecule has 3 rings (SSSR count). The minimum absolute atomic E-state index is 0.122. The smallest absolute Gasteiger partial charge is 0.265 e. The highest BCUT2D eigenvalue weighted by molar-refractivity contribution is 6.22. The van der Waals surface area contributed by atoms with Gasteiger partial charge in [-0.1, -0.05) is 23.8 Å². The molecule has 1 atom stereocenters. The minimum atomic E-state index is -0.898. The van der Waals surface area contributed by atoms with Crippen molar-refractivity contribution in [2.75, 3.05) is 4.90 Å². The molecule has 2 aromatic carbocycles. The number of carbonyl (C=O) groups is 3. The standard InChI is InChI=1S/C18H16FN3O3/c1-11-5-7-12(8-6-11)17(24)21-20-15-10-16(23)22(18(15)25)14-4-2-3-13(19)9-14/h2-9,15,20H,10H2,1H3,(H,21,24). The van der Waals surface area contributed by atoms with E-state index >= 15 is 0 Å². The molecule has 1 unspecified atom stereocenters. The molecule has 6 nitrogen and oxygen atoms in total. The monoisotopic (exact) mass is 341 g/mol. The molecule has 0 aromatic heterocycles. The third-order valence-electron chi connectivity index (χ3n) is 3.89. The molecule has 1 aliphatic heterocycles. The number of nitrogens with one attached hydrogen (secondary N) is 2. The van der Waals surface area contributed by atoms with E-state index in [0.29, 0.717) is 5.56 Å². The summed E-state index contributed by atoms with van der Waals surface area (Å²) in [7, 11) is 0. The van der Waals surface area contributed by atoms with Crippen LogP contribution in [0.25, 0.3) is 0 Å². The zero-order valence-electron chi connectivity index (χ0n) is 13.5. The van der Waals surface area contributed by atoms with Gasteiger partial charge in [0.15, 0.2) is 0 Å². The summed E-state index contributed by atoms with van der Waals surface area (Å²) in [5.41, 5.74) is 6.63. The zero-order valence-corrected chi connectivity index (χ0v) is 13.5. The van der Waals surface area contributed by atoms with Gasteiger partial charge in [0.25, 0.3) is 11.8 Å². The number of hydrogen-bond donors (Lipinski definition) is 2. The number of amides is 3. The number of imide groups is 1. The van der Waals surface area contributed by atoms with Crippen molar-refractivity contribution in [1.82, 2.24) is 10.9 Å². The van der Waals surface area contributed by atoms with E-state index in [2.05, 4.69) is 10.9 Å². The van der Waals surface area contributed by atoms with Gasteiger partial charge in [0.05, 0.1) is 12.1 Å². The van der Waals surface area contributed by atoms with Gasteiger partial charge < -0.3 is 0 Å². The summed E-state index contributed by atoms with van der Waals surface area (Å²) in [6.07, 6.45) is -0.122. The molecule has 1 saturated heterocycles. The molecule has 0 aliphatic carbocycles. The Labute approximate surface area is 143 Å². The van der Waals surface area contributed by atoms with Crippen LogP contribution < -0.4 is 15.8 Å². The third kappa shape index (κ3) is 3.56. The van der Waals surface area contributed by atoms with Crippen LogP contribution in [0, 0.1) is 12.7 Å². The molecular weight excluding hydrogens is 325 g/mol. The van der Waals surface area contributed by atoms with Crippen LogP contribution in [0.3, 0.4) is 0 Å². The highest BCUT2D eigenvalue weighted by Crippen LogP contribution is 2.23. The lowest BCUT2D eigenvalue weighted by Crippen LogP contribution is -2.48. The van der Waals surface area contributed by atoms with Gasteiger partial charge in [-0.15, -0.1) is 0 Å². The average molecular weight is 341 g/mol. The van der Waals surface area contributed by atoms with Crippen molar-refractivity contribution in [2.24, 2.45) is 0 Å². The lowest BCUT2D eigenvalue weighted by Gasteiger charge is -2.16. The molecule has 0 radical (unpaired) electrons. The van der Waals surface area contributed by atoms with E-state index in [1.807, 2.05) is 6.92 Å². The van der Waals surface area contributed by atoms with Crippen molar-refractivity contribution < 1.29 is 18.8 Å². The summed E-state index contributed by atoms with van der Waals surface area (Å²) >= 11 is 0. The first-order valence-corrected chi connectivity index (χ1v) is 7.70. The Morgan fingerprint density at radius 1 is 1.16 bits per heavy atom. The molecule has 25 heavy (non-hydrogen) atoms. The van der Waals surface area contributed by atoms with Gasteiger partial charge in [0.1, 0.15) is 11.9 Å². The first kappa shape index (κ1) is 16.8. The number of halogens is 1. The van der Waals surface area contributed by atoms with Crippen molar-refractivity contribution in [3.05, 3.63) is 65.5 Å². The fraction of sp³-hybridized carbons (Fsp3) is 0.167. The van der Waals surface area contributed by atoms with E-state index in [9.17, 15) is 18.8 Å². The largest absolute Gasteiger partial charge is 0.287 e. The summed E-state index contributed by atoms with van der Waals surface area (Å²) in [5.74, 6) is -1.95. The molecule has 1 aliphatic rings. The summed E-state index contributed by atoms with van der Waals surface area (Å²) in [5, 5.41) is 0. The minimum Gasteiger partial charge on any atom is -0.287 e. The predicted octanol–water partition coefficient (Wildman–Crippen LogP) is 1.70. The number of benzene rings is 2. The first-order valence-electron chi connectivity index (χ1n) is 7.70. The Bertz CT molecular complexity index is 836. The maximum atomic E-state index is 13.3. The number of carbonyl (C=O) groups excluding carboxylic acids is 3. The number of hydrazine groups is 1. The molecule has 1 fully saturated rings. The topological polar surface area (TPSA) is 78.5 Å². The first-order chi connectivity index (χ1) is 12.0. The highest BCUT2D eigenvalue weighted by atomic mass is 19.1. The fourth-order valence-electron chi connectivity index (χ4n) is 2.56. The maximum absolute atomic E-state index is 13.3. The average Bonchev–Trinajstić information content (AvgIpc) is 2.87. The second kappa shape index (κ2) is 6.82. The number of nitrogens with zero attached hydrogens (tertiary/aromatic N) is 1. The molecule has 2 aromatic rings. The van der Waals surface area contributed by atoms with Gasteiger partial charge in [0, 0.05) is 5.56 Å². The molecule has 0 spiro atoms. The van der Waals surface area contributed by atoms with Crippen molar-refractivity contribution in [3.8, 4) is 0 Å². The second-order valence-electron chi connectivity index (χ2n) is 5.77. The molecular formula is C18H16FN3O3. The van der Waals surface area contributed by atoms with Gasteiger partial charge in [-0.2, -0.15) is 0 Å². The predicted molar refractivity (Wildman–Crippen MR) is 89.1 cm³/mol. The Kier molecular flexibility index (Phi) is 4.58. The zero-order chi connectivity index (χ0) is 18.0. The van der Waals surface area contributed by atoms with Gasteiger partial charge in [-0.05, 0) is 37.3 Å². The Balaban J connectivity index is 1.66. The SMILES string of the molecule is Cc1ccc(C(=O)NNC2CC(=O)N(c3cccc(F)c3)C2=O)cc1. The molecule has 128 valence electrons. The number of anilines is 1. The second-order valence-corrected chi connectivity index (χ2v) is 5.77. The van der Waals surface area contributed by atoms with Crippen LogP contribution in [-0.4, -0.2) is 23.8 Å². The summed E-state index contributed by atoms with van der Waals surface area (Å²) in [6, 6.07) is 11.3. The van der Waals surface area contributed by atoms with E-state index in [1.165, 1.54) is 18.2 Å². The van der Waals surface area contributed by atoms with Crippen molar-refractivity contribution in [2.45, 2.75) is 19.4 Å². The Morgan fingerprint density at radius 2 is 1.88 bits per heavy atom. The molecule has 3 amide bonds. The van der Waals surface area contributed by atoms with Gasteiger partial charge in [-0.25, -0.2) is 14.7 Å². The van der Waals surface area contributed by atoms with Crippen LogP contribution in [0.1, 0.15) is 22.3 Å². The Morgan fingerprint density at radius 3 is 2.56 bits per heavy atom. The number of aryl methyl sites for hydroxylation is 1. The van der Waals surface area contributed by atoms with Crippen LogP contribution in [0.4, 0.5) is 10.1 Å². The molecule has 0 bridgehead atoms. The fourth-order valence-corrected chi connectivity index (χ4v) is 2.56. The van der Waals surface area contributed by atoms with Crippen LogP contribution >= 0.6 is 0 Å². The van der Waals surface area contributed by atoms with E-state index in [0.717, 1.165) is 16.5 Å². The van der Waals surface area contributed by atoms with E-state index in [-0.39, 0.29) is 12.1 Å². The van der Waals surface area contributed by atoms with Crippen LogP contribution in [0.15, 0.2) is 48.5 Å². The van der Waals surface area contributed by atoms with Crippen molar-refractivity contribution in [3.63, 3.8) is 0 Å². The highest BCUT2D eigenvalue weighted by Gasteiger charge is 2.39. The third-order valence-corrected chi connectivity index (χ3v) is 3.89. The van der Waals surface area contributed by atoms with Gasteiger partial charge >= 0.3 is 0 Å². The Hall–Kier alpha value is -3.06. The van der Waals surface area contributed by atoms with Crippen LogP contribution in [-0.2, 0) is 9.59 Å². The lowest BCUT2D eigenvalue weighted by atomic mass is 10.1. The normalized spacial score (nSPS) is 17.0. The van der Waals surface area contributed by atoms with Crippen LogP contribution in [0.2, 0.25) is 0 Å². The van der Waals surface area contributed by atoms with Gasteiger partial charge in [-0.3, -0.25) is 19.8 Å². The molecule has 0 saturated carbocycles.